The molecule has 0 aromatic heterocycles. The summed E-state index contributed by atoms with van der Waals surface area (Å²) in [6.07, 6.45) is 4.05. The molecule has 2 N–H and O–H groups in total. The molecule has 1 unspecified atom stereocenters. The molecular weight excluding hydrogens is 224 g/mol. The van der Waals surface area contributed by atoms with Gasteiger partial charge in [-0.25, -0.2) is 0 Å². The van der Waals surface area contributed by atoms with Gasteiger partial charge in [0.1, 0.15) is 0 Å². The second kappa shape index (κ2) is 7.52. The Kier molecular flexibility index (Phi) is 5.65. The Bertz CT molecular complexity index is 323. The number of nitrogens with zero attached hydrogens (tertiary/aromatic N) is 1. The topological polar surface area (TPSA) is 38.5 Å². The van der Waals surface area contributed by atoms with Crippen LogP contribution < -0.4 is 5.73 Å². The third-order valence-electron chi connectivity index (χ3n) is 3.49. The molecule has 100 valence electrons. The third kappa shape index (κ3) is 4.41. The van der Waals surface area contributed by atoms with Gasteiger partial charge in [0.25, 0.3) is 0 Å². The van der Waals surface area contributed by atoms with Crippen LogP contribution in [0.2, 0.25) is 0 Å². The Morgan fingerprint density at radius 3 is 2.72 bits per heavy atom. The van der Waals surface area contributed by atoms with Crippen molar-refractivity contribution in [1.29, 1.82) is 0 Å². The number of benzene rings is 1. The van der Waals surface area contributed by atoms with Gasteiger partial charge in [-0.05, 0) is 24.8 Å². The molecular formula is C15H24N2O. The SMILES string of the molecule is NCCN(CCC1CCCO1)Cc1ccccc1. The lowest BCUT2D eigenvalue weighted by Gasteiger charge is -2.23. The molecule has 18 heavy (non-hydrogen) atoms. The van der Waals surface area contributed by atoms with E-state index >= 15 is 0 Å². The van der Waals surface area contributed by atoms with Crippen molar-refractivity contribution in [3.8, 4) is 0 Å². The van der Waals surface area contributed by atoms with Gasteiger partial charge >= 0.3 is 0 Å². The molecule has 0 bridgehead atoms. The molecule has 1 fully saturated rings. The first-order valence-corrected chi connectivity index (χ1v) is 6.96. The second-order valence-electron chi connectivity index (χ2n) is 4.97. The largest absolute Gasteiger partial charge is 0.378 e. The molecule has 1 aromatic carbocycles. The maximum Gasteiger partial charge on any atom is 0.0588 e. The van der Waals surface area contributed by atoms with Gasteiger partial charge in [-0.3, -0.25) is 4.90 Å². The highest BCUT2D eigenvalue weighted by atomic mass is 16.5. The Morgan fingerprint density at radius 2 is 2.06 bits per heavy atom. The average molecular weight is 248 g/mol. The van der Waals surface area contributed by atoms with E-state index in [9.17, 15) is 0 Å². The van der Waals surface area contributed by atoms with Crippen molar-refractivity contribution in [2.45, 2.75) is 31.9 Å². The first-order chi connectivity index (χ1) is 8.88. The van der Waals surface area contributed by atoms with Crippen molar-refractivity contribution in [1.82, 2.24) is 4.90 Å². The predicted octanol–water partition coefficient (Wildman–Crippen LogP) is 2.02. The van der Waals surface area contributed by atoms with Crippen LogP contribution in [-0.2, 0) is 11.3 Å². The third-order valence-corrected chi connectivity index (χ3v) is 3.49. The molecule has 1 aliphatic rings. The van der Waals surface area contributed by atoms with E-state index in [1.165, 1.54) is 18.4 Å². The molecule has 0 spiro atoms. The minimum absolute atomic E-state index is 0.473. The molecule has 2 rings (SSSR count). The van der Waals surface area contributed by atoms with Gasteiger partial charge in [-0.15, -0.1) is 0 Å². The smallest absolute Gasteiger partial charge is 0.0588 e. The quantitative estimate of drug-likeness (QED) is 0.802. The molecule has 3 heteroatoms. The number of rotatable bonds is 7. The Labute approximate surface area is 110 Å². The molecule has 0 amide bonds. The van der Waals surface area contributed by atoms with E-state index in [0.717, 1.165) is 39.2 Å². The van der Waals surface area contributed by atoms with Crippen LogP contribution in [0.3, 0.4) is 0 Å². The molecule has 0 radical (unpaired) electrons. The van der Waals surface area contributed by atoms with Crippen molar-refractivity contribution in [3.63, 3.8) is 0 Å². The first kappa shape index (κ1) is 13.5. The second-order valence-corrected chi connectivity index (χ2v) is 4.97. The van der Waals surface area contributed by atoms with E-state index in [1.807, 2.05) is 0 Å². The summed E-state index contributed by atoms with van der Waals surface area (Å²) in [5, 5.41) is 0. The van der Waals surface area contributed by atoms with Gasteiger partial charge in [-0.1, -0.05) is 30.3 Å². The standard InChI is InChI=1S/C15H24N2O/c16-9-11-17(10-8-15-7-4-12-18-15)13-14-5-2-1-3-6-14/h1-3,5-6,15H,4,7-13,16H2. The van der Waals surface area contributed by atoms with E-state index in [-0.39, 0.29) is 0 Å². The van der Waals surface area contributed by atoms with Gasteiger partial charge in [0.15, 0.2) is 0 Å². The summed E-state index contributed by atoms with van der Waals surface area (Å²) in [5.41, 5.74) is 7.05. The number of ether oxygens (including phenoxy) is 1. The zero-order chi connectivity index (χ0) is 12.6. The predicted molar refractivity (Wildman–Crippen MR) is 74.4 cm³/mol. The lowest BCUT2D eigenvalue weighted by atomic mass is 10.1. The van der Waals surface area contributed by atoms with Gasteiger partial charge < -0.3 is 10.5 Å². The van der Waals surface area contributed by atoms with Crippen LogP contribution in [0.5, 0.6) is 0 Å². The maximum atomic E-state index is 5.69. The molecule has 0 aliphatic carbocycles. The van der Waals surface area contributed by atoms with Crippen molar-refractivity contribution >= 4 is 0 Å². The maximum absolute atomic E-state index is 5.69. The molecule has 0 saturated carbocycles. The zero-order valence-electron chi connectivity index (χ0n) is 11.1. The van der Waals surface area contributed by atoms with Crippen LogP contribution in [0.15, 0.2) is 30.3 Å². The van der Waals surface area contributed by atoms with E-state index in [4.69, 9.17) is 10.5 Å². The average Bonchev–Trinajstić information content (AvgIpc) is 2.91. The first-order valence-electron chi connectivity index (χ1n) is 6.96. The van der Waals surface area contributed by atoms with Crippen LogP contribution in [-0.4, -0.2) is 37.2 Å². The summed E-state index contributed by atoms with van der Waals surface area (Å²) < 4.78 is 5.67. The zero-order valence-corrected chi connectivity index (χ0v) is 11.1. The van der Waals surface area contributed by atoms with E-state index in [2.05, 4.69) is 35.2 Å². The van der Waals surface area contributed by atoms with E-state index in [0.29, 0.717) is 6.10 Å². The summed E-state index contributed by atoms with van der Waals surface area (Å²) in [6, 6.07) is 10.6. The van der Waals surface area contributed by atoms with Crippen molar-refractivity contribution in [3.05, 3.63) is 35.9 Å². The summed E-state index contributed by atoms with van der Waals surface area (Å²) >= 11 is 0. The van der Waals surface area contributed by atoms with Gasteiger partial charge in [0.2, 0.25) is 0 Å². The monoisotopic (exact) mass is 248 g/mol. The van der Waals surface area contributed by atoms with Crippen LogP contribution >= 0.6 is 0 Å². The van der Waals surface area contributed by atoms with Gasteiger partial charge in [0.05, 0.1) is 6.10 Å². The van der Waals surface area contributed by atoms with E-state index < -0.39 is 0 Å². The molecule has 1 aliphatic heterocycles. The fourth-order valence-corrected chi connectivity index (χ4v) is 2.49. The number of hydrogen-bond acceptors (Lipinski definition) is 3. The summed E-state index contributed by atoms with van der Waals surface area (Å²) in [5.74, 6) is 0. The Balaban J connectivity index is 1.79. The summed E-state index contributed by atoms with van der Waals surface area (Å²) in [7, 11) is 0. The summed E-state index contributed by atoms with van der Waals surface area (Å²) in [6.45, 7) is 4.70. The van der Waals surface area contributed by atoms with Gasteiger partial charge in [0, 0.05) is 32.8 Å². The normalized spacial score (nSPS) is 19.6. The fraction of sp³-hybridized carbons (Fsp3) is 0.600. The molecule has 3 nitrogen and oxygen atoms in total. The minimum atomic E-state index is 0.473. The van der Waals surface area contributed by atoms with Crippen LogP contribution in [0, 0.1) is 0 Å². The highest BCUT2D eigenvalue weighted by Gasteiger charge is 2.16. The Hall–Kier alpha value is -0.900. The number of nitrogens with two attached hydrogens (primary N) is 1. The fourth-order valence-electron chi connectivity index (χ4n) is 2.49. The lowest BCUT2D eigenvalue weighted by molar-refractivity contribution is 0.0913. The molecule has 1 saturated heterocycles. The van der Waals surface area contributed by atoms with Crippen molar-refractivity contribution in [2.75, 3.05) is 26.2 Å². The Morgan fingerprint density at radius 1 is 1.22 bits per heavy atom. The van der Waals surface area contributed by atoms with Gasteiger partial charge in [-0.2, -0.15) is 0 Å². The van der Waals surface area contributed by atoms with Crippen molar-refractivity contribution < 1.29 is 4.74 Å². The highest BCUT2D eigenvalue weighted by Crippen LogP contribution is 2.16. The molecule has 1 aromatic rings. The van der Waals surface area contributed by atoms with Crippen LogP contribution in [0.1, 0.15) is 24.8 Å². The number of hydrogen-bond donors (Lipinski definition) is 1. The van der Waals surface area contributed by atoms with Crippen LogP contribution in [0.4, 0.5) is 0 Å². The van der Waals surface area contributed by atoms with Crippen molar-refractivity contribution in [2.24, 2.45) is 5.73 Å². The summed E-state index contributed by atoms with van der Waals surface area (Å²) in [4.78, 5) is 2.43. The molecule has 1 atom stereocenters. The highest BCUT2D eigenvalue weighted by molar-refractivity contribution is 5.14. The van der Waals surface area contributed by atoms with Crippen LogP contribution in [0.25, 0.3) is 0 Å². The minimum Gasteiger partial charge on any atom is -0.378 e. The molecule has 1 heterocycles. The van der Waals surface area contributed by atoms with E-state index in [1.54, 1.807) is 0 Å². The lowest BCUT2D eigenvalue weighted by Crippen LogP contribution is -2.31.